The molecule has 0 radical (unpaired) electrons. The van der Waals surface area contributed by atoms with Gasteiger partial charge in [0.2, 0.25) is 0 Å². The van der Waals surface area contributed by atoms with Crippen LogP contribution in [0.1, 0.15) is 2.74 Å². The number of halogens is 1. The maximum atomic E-state index is 6.98. The van der Waals surface area contributed by atoms with E-state index in [1.807, 2.05) is 0 Å². The summed E-state index contributed by atoms with van der Waals surface area (Å²) in [6, 6.07) is 1.27. The van der Waals surface area contributed by atoms with Gasteiger partial charge in [0.05, 0.1) is 2.74 Å². The van der Waals surface area contributed by atoms with E-state index in [1.165, 1.54) is 6.07 Å². The molecule has 7 heavy (non-hydrogen) atoms. The van der Waals surface area contributed by atoms with E-state index in [9.17, 15) is 0 Å². The molecule has 0 aliphatic heterocycles. The topological polar surface area (TPSA) is 25.8 Å². The van der Waals surface area contributed by atoms with E-state index in [0.717, 1.165) is 0 Å². The van der Waals surface area contributed by atoms with Crippen molar-refractivity contribution in [3.05, 3.63) is 23.1 Å². The molecule has 36 valence electrons. The van der Waals surface area contributed by atoms with Gasteiger partial charge >= 0.3 is 0 Å². The highest BCUT2D eigenvalue weighted by atomic mass is 79.9. The molecule has 1 aromatic heterocycles. The molecule has 1 rings (SSSR count). The molecular formula is C4H3BrN2. The van der Waals surface area contributed by atoms with E-state index in [-0.39, 0.29) is 12.3 Å². The fraction of sp³-hybridized carbons (Fsp3) is 0. The van der Waals surface area contributed by atoms with Gasteiger partial charge in [0.15, 0.2) is 4.73 Å². The molecule has 0 fully saturated rings. The van der Waals surface area contributed by atoms with E-state index in [0.29, 0.717) is 4.73 Å². The third-order valence-electron chi connectivity index (χ3n) is 0.443. The standard InChI is InChI=1S/C4H3BrN2/c5-4-6-2-1-3-7-4/h1-3H/i2D,3D. The fourth-order valence-corrected chi connectivity index (χ4v) is 0.430. The highest BCUT2D eigenvalue weighted by Crippen LogP contribution is 1.94. The van der Waals surface area contributed by atoms with Crippen LogP contribution in [0.25, 0.3) is 0 Å². The largest absolute Gasteiger partial charge is 0.231 e. The lowest BCUT2D eigenvalue weighted by atomic mass is 10.7. The van der Waals surface area contributed by atoms with E-state index in [2.05, 4.69) is 25.9 Å². The van der Waals surface area contributed by atoms with Gasteiger partial charge in [0.1, 0.15) is 0 Å². The highest BCUT2D eigenvalue weighted by molar-refractivity contribution is 9.10. The third-order valence-corrected chi connectivity index (χ3v) is 0.797. The first kappa shape index (κ1) is 2.77. The predicted molar refractivity (Wildman–Crippen MR) is 29.7 cm³/mol. The Morgan fingerprint density at radius 3 is 2.57 bits per heavy atom. The van der Waals surface area contributed by atoms with Gasteiger partial charge in [0.25, 0.3) is 0 Å². The maximum Gasteiger partial charge on any atom is 0.196 e. The number of aromatic nitrogens is 2. The Kier molecular flexibility index (Phi) is 0.800. The van der Waals surface area contributed by atoms with Crippen molar-refractivity contribution in [3.63, 3.8) is 0 Å². The normalized spacial score (nSPS) is 12.7. The van der Waals surface area contributed by atoms with Crippen LogP contribution in [0.3, 0.4) is 0 Å². The van der Waals surface area contributed by atoms with Crippen molar-refractivity contribution in [1.82, 2.24) is 9.97 Å². The number of rotatable bonds is 0. The van der Waals surface area contributed by atoms with Crippen LogP contribution in [-0.2, 0) is 0 Å². The summed E-state index contributed by atoms with van der Waals surface area (Å²) >= 11 is 2.95. The van der Waals surface area contributed by atoms with Gasteiger partial charge in [-0.1, -0.05) is 0 Å². The molecule has 0 N–H and O–H groups in total. The van der Waals surface area contributed by atoms with Crippen molar-refractivity contribution in [1.29, 1.82) is 0 Å². The van der Waals surface area contributed by atoms with Crippen molar-refractivity contribution in [2.45, 2.75) is 0 Å². The van der Waals surface area contributed by atoms with E-state index in [1.54, 1.807) is 0 Å². The zero-order valence-corrected chi connectivity index (χ0v) is 4.94. The maximum absolute atomic E-state index is 6.98. The second kappa shape index (κ2) is 2.02. The summed E-state index contributed by atoms with van der Waals surface area (Å²) in [6.45, 7) is 0. The molecule has 1 aromatic rings. The van der Waals surface area contributed by atoms with Crippen molar-refractivity contribution < 1.29 is 2.74 Å². The number of hydrogen-bond acceptors (Lipinski definition) is 2. The molecule has 0 atom stereocenters. The Hall–Kier alpha value is -0.440. The van der Waals surface area contributed by atoms with Gasteiger partial charge in [-0.05, 0) is 22.0 Å². The summed E-state index contributed by atoms with van der Waals surface area (Å²) in [5.74, 6) is 0. The zero-order valence-electron chi connectivity index (χ0n) is 5.35. The van der Waals surface area contributed by atoms with Crippen LogP contribution in [-0.4, -0.2) is 9.97 Å². The second-order valence-corrected chi connectivity index (χ2v) is 1.60. The molecule has 0 saturated carbocycles. The average molecular weight is 161 g/mol. The van der Waals surface area contributed by atoms with Gasteiger partial charge in [-0.15, -0.1) is 0 Å². The Bertz CT molecular complexity index is 177. The lowest BCUT2D eigenvalue weighted by Crippen LogP contribution is -1.74. The van der Waals surface area contributed by atoms with Gasteiger partial charge in [-0.2, -0.15) is 0 Å². The number of hydrogen-bond donors (Lipinski definition) is 0. The Morgan fingerprint density at radius 1 is 1.57 bits per heavy atom. The highest BCUT2D eigenvalue weighted by Gasteiger charge is 1.77. The SMILES string of the molecule is [2H]c1cc([2H])nc(Br)n1. The van der Waals surface area contributed by atoms with Crippen molar-refractivity contribution >= 4 is 15.9 Å². The van der Waals surface area contributed by atoms with Crippen LogP contribution < -0.4 is 0 Å². The van der Waals surface area contributed by atoms with E-state index < -0.39 is 0 Å². The Labute approximate surface area is 52.5 Å². The molecule has 0 aliphatic carbocycles. The first-order valence-electron chi connectivity index (χ1n) is 2.66. The van der Waals surface area contributed by atoms with Crippen molar-refractivity contribution in [2.24, 2.45) is 0 Å². The van der Waals surface area contributed by atoms with Crippen LogP contribution in [0.5, 0.6) is 0 Å². The molecule has 0 spiro atoms. The van der Waals surface area contributed by atoms with Crippen molar-refractivity contribution in [2.75, 3.05) is 0 Å². The first-order valence-corrected chi connectivity index (χ1v) is 2.45. The summed E-state index contributed by atoms with van der Waals surface area (Å²) in [4.78, 5) is 7.17. The van der Waals surface area contributed by atoms with E-state index in [4.69, 9.17) is 2.74 Å². The van der Waals surface area contributed by atoms with Crippen molar-refractivity contribution in [3.8, 4) is 0 Å². The first-order chi connectivity index (χ1) is 4.18. The third kappa shape index (κ3) is 1.23. The Morgan fingerprint density at radius 2 is 2.14 bits per heavy atom. The smallest absolute Gasteiger partial charge is 0.196 e. The quantitative estimate of drug-likeness (QED) is 0.535. The van der Waals surface area contributed by atoms with Gasteiger partial charge < -0.3 is 0 Å². The van der Waals surface area contributed by atoms with Crippen LogP contribution in [0.2, 0.25) is 0 Å². The minimum atomic E-state index is 0.0573. The number of nitrogens with zero attached hydrogens (tertiary/aromatic N) is 2. The predicted octanol–water partition coefficient (Wildman–Crippen LogP) is 1.24. The summed E-state index contributed by atoms with van der Waals surface area (Å²) in [5.41, 5.74) is 0. The van der Waals surface area contributed by atoms with Gasteiger partial charge in [0, 0.05) is 12.3 Å². The zero-order chi connectivity index (χ0) is 6.85. The minimum absolute atomic E-state index is 0.0573. The molecule has 3 heteroatoms. The summed E-state index contributed by atoms with van der Waals surface area (Å²) in [7, 11) is 0. The van der Waals surface area contributed by atoms with Crippen LogP contribution in [0.4, 0.5) is 0 Å². The molecule has 2 nitrogen and oxygen atoms in total. The van der Waals surface area contributed by atoms with E-state index >= 15 is 0 Å². The molecule has 0 saturated heterocycles. The van der Waals surface area contributed by atoms with Crippen LogP contribution in [0.15, 0.2) is 23.1 Å². The van der Waals surface area contributed by atoms with Gasteiger partial charge in [-0.3, -0.25) is 0 Å². The lowest BCUT2D eigenvalue weighted by Gasteiger charge is -1.79. The molecule has 1 heterocycles. The molecule has 0 aromatic carbocycles. The van der Waals surface area contributed by atoms with Gasteiger partial charge in [-0.25, -0.2) is 9.97 Å². The minimum Gasteiger partial charge on any atom is -0.231 e. The lowest BCUT2D eigenvalue weighted by molar-refractivity contribution is 1.11. The second-order valence-electron chi connectivity index (χ2n) is 0.895. The fourth-order valence-electron chi connectivity index (χ4n) is 0.225. The average Bonchev–Trinajstić information content (AvgIpc) is 1.59. The Balaban J connectivity index is 3.17. The molecule has 0 bridgehead atoms. The monoisotopic (exact) mass is 160 g/mol. The summed E-state index contributed by atoms with van der Waals surface area (Å²) in [6.07, 6.45) is 0.115. The summed E-state index contributed by atoms with van der Waals surface area (Å²) < 4.78 is 14.2. The van der Waals surface area contributed by atoms with Crippen LogP contribution in [0, 0.1) is 0 Å². The molecule has 0 unspecified atom stereocenters. The van der Waals surface area contributed by atoms with Crippen LogP contribution >= 0.6 is 15.9 Å². The summed E-state index contributed by atoms with van der Waals surface area (Å²) in [5, 5.41) is 0. The molecule has 0 aliphatic rings. The molecule has 0 amide bonds. The molecular weight excluding hydrogens is 156 g/mol.